The van der Waals surface area contributed by atoms with Crippen molar-refractivity contribution in [1.82, 2.24) is 0 Å². The van der Waals surface area contributed by atoms with Gasteiger partial charge in [0.25, 0.3) is 10.1 Å². The van der Waals surface area contributed by atoms with Crippen molar-refractivity contribution in [3.8, 4) is 0 Å². The maximum atomic E-state index is 10.5. The van der Waals surface area contributed by atoms with Gasteiger partial charge in [-0.3, -0.25) is 4.18 Å². The molecule has 0 aliphatic heterocycles. The molecule has 0 radical (unpaired) electrons. The van der Waals surface area contributed by atoms with E-state index >= 15 is 0 Å². The van der Waals surface area contributed by atoms with Crippen LogP contribution < -0.4 is 0 Å². The van der Waals surface area contributed by atoms with Crippen LogP contribution in [-0.2, 0) is 14.3 Å². The lowest BCUT2D eigenvalue weighted by Gasteiger charge is -2.05. The molecule has 1 rings (SSSR count). The summed E-state index contributed by atoms with van der Waals surface area (Å²) >= 11 is 0. The highest BCUT2D eigenvalue weighted by Crippen LogP contribution is 2.39. The fourth-order valence-corrected chi connectivity index (χ4v) is 1.52. The smallest absolute Gasteiger partial charge is 0.264 e. The Morgan fingerprint density at radius 2 is 1.89 bits per heavy atom. The molecule has 0 saturated heterocycles. The molecule has 0 bridgehead atoms. The van der Waals surface area contributed by atoms with Crippen molar-refractivity contribution in [1.29, 1.82) is 0 Å². The second-order valence-corrected chi connectivity index (χ2v) is 4.31. The summed E-state index contributed by atoms with van der Waals surface area (Å²) in [5, 5.41) is 0. The predicted octanol–water partition coefficient (Wildman–Crippen LogP) is 0.515. The Balaban J connectivity index is 2.53. The summed E-state index contributed by atoms with van der Waals surface area (Å²) in [6, 6.07) is 0. The normalized spacial score (nSPS) is 23.8. The van der Waals surface area contributed by atoms with E-state index in [1.807, 2.05) is 0 Å². The van der Waals surface area contributed by atoms with Crippen LogP contribution in [0.4, 0.5) is 0 Å². The molecule has 0 aromatic carbocycles. The zero-order valence-electron chi connectivity index (χ0n) is 5.55. The Labute approximate surface area is 55.1 Å². The Kier molecular flexibility index (Phi) is 1.33. The minimum Gasteiger partial charge on any atom is -0.264 e. The molecule has 1 fully saturated rings. The minimum atomic E-state index is -3.22. The standard InChI is InChI=1S/C5H10O3S/c1-5(3-4-5)8-9(2,6)7/h3-4H2,1-2H3. The minimum absolute atomic E-state index is 0.354. The third kappa shape index (κ3) is 2.32. The Morgan fingerprint density at radius 3 is 2.00 bits per heavy atom. The molecule has 0 aromatic heterocycles. The molecular weight excluding hydrogens is 140 g/mol. The summed E-state index contributed by atoms with van der Waals surface area (Å²) in [4.78, 5) is 0. The lowest BCUT2D eigenvalue weighted by Crippen LogP contribution is -2.14. The fraction of sp³-hybridized carbons (Fsp3) is 1.00. The second-order valence-electron chi connectivity index (χ2n) is 2.74. The molecule has 9 heavy (non-hydrogen) atoms. The van der Waals surface area contributed by atoms with Gasteiger partial charge < -0.3 is 0 Å². The van der Waals surface area contributed by atoms with Crippen LogP contribution in [0.2, 0.25) is 0 Å². The first-order valence-corrected chi connectivity index (χ1v) is 4.64. The molecule has 0 heterocycles. The average molecular weight is 150 g/mol. The Bertz CT molecular complexity index is 200. The Hall–Kier alpha value is -0.0900. The van der Waals surface area contributed by atoms with Gasteiger partial charge in [0.05, 0.1) is 11.9 Å². The molecule has 0 unspecified atom stereocenters. The first kappa shape index (κ1) is 7.02. The SMILES string of the molecule is CC1(OS(C)(=O)=O)CC1. The van der Waals surface area contributed by atoms with Crippen molar-refractivity contribution in [3.63, 3.8) is 0 Å². The second kappa shape index (κ2) is 1.70. The lowest BCUT2D eigenvalue weighted by atomic mass is 10.4. The average Bonchev–Trinajstić information content (AvgIpc) is 2.12. The molecule has 1 aliphatic rings. The maximum Gasteiger partial charge on any atom is 0.264 e. The highest BCUT2D eigenvalue weighted by atomic mass is 32.2. The third-order valence-electron chi connectivity index (χ3n) is 1.31. The molecule has 0 amide bonds. The fourth-order valence-electron chi connectivity index (χ4n) is 0.625. The van der Waals surface area contributed by atoms with Crippen molar-refractivity contribution < 1.29 is 12.6 Å². The summed E-state index contributed by atoms with van der Waals surface area (Å²) in [6.45, 7) is 1.80. The van der Waals surface area contributed by atoms with Crippen molar-refractivity contribution in [3.05, 3.63) is 0 Å². The predicted molar refractivity (Wildman–Crippen MR) is 33.6 cm³/mol. The van der Waals surface area contributed by atoms with Crippen molar-refractivity contribution in [2.45, 2.75) is 25.4 Å². The van der Waals surface area contributed by atoms with Gasteiger partial charge in [-0.2, -0.15) is 8.42 Å². The first-order chi connectivity index (χ1) is 3.91. The lowest BCUT2D eigenvalue weighted by molar-refractivity contribution is 0.211. The van der Waals surface area contributed by atoms with Crippen molar-refractivity contribution in [2.24, 2.45) is 0 Å². The van der Waals surface area contributed by atoms with E-state index in [1.54, 1.807) is 6.92 Å². The van der Waals surface area contributed by atoms with Crippen molar-refractivity contribution >= 4 is 10.1 Å². The van der Waals surface area contributed by atoms with E-state index in [-0.39, 0.29) is 5.60 Å². The number of hydrogen-bond acceptors (Lipinski definition) is 3. The van der Waals surface area contributed by atoms with Gasteiger partial charge in [0, 0.05) is 0 Å². The van der Waals surface area contributed by atoms with Crippen LogP contribution in [0.3, 0.4) is 0 Å². The van der Waals surface area contributed by atoms with E-state index in [9.17, 15) is 8.42 Å². The summed E-state index contributed by atoms with van der Waals surface area (Å²) in [6.07, 6.45) is 2.80. The van der Waals surface area contributed by atoms with Gasteiger partial charge in [0.2, 0.25) is 0 Å². The first-order valence-electron chi connectivity index (χ1n) is 2.82. The van der Waals surface area contributed by atoms with Gasteiger partial charge in [-0.1, -0.05) is 0 Å². The van der Waals surface area contributed by atoms with Gasteiger partial charge in [-0.25, -0.2) is 0 Å². The van der Waals surface area contributed by atoms with Crippen LogP contribution in [0.15, 0.2) is 0 Å². The van der Waals surface area contributed by atoms with Gasteiger partial charge in [-0.15, -0.1) is 0 Å². The summed E-state index contributed by atoms with van der Waals surface area (Å²) in [5.41, 5.74) is -0.354. The van der Waals surface area contributed by atoms with Crippen LogP contribution in [0.1, 0.15) is 19.8 Å². The van der Waals surface area contributed by atoms with Crippen LogP contribution in [0.5, 0.6) is 0 Å². The van der Waals surface area contributed by atoms with Crippen LogP contribution in [0.25, 0.3) is 0 Å². The topological polar surface area (TPSA) is 43.4 Å². The monoisotopic (exact) mass is 150 g/mol. The Morgan fingerprint density at radius 1 is 1.44 bits per heavy atom. The molecule has 3 nitrogen and oxygen atoms in total. The molecule has 0 atom stereocenters. The molecule has 0 aromatic rings. The molecular formula is C5H10O3S. The quantitative estimate of drug-likeness (QED) is 0.539. The van der Waals surface area contributed by atoms with E-state index < -0.39 is 10.1 Å². The summed E-state index contributed by atoms with van der Waals surface area (Å²) < 4.78 is 25.6. The molecule has 4 heteroatoms. The largest absolute Gasteiger partial charge is 0.264 e. The van der Waals surface area contributed by atoms with E-state index in [1.165, 1.54) is 0 Å². The van der Waals surface area contributed by atoms with E-state index in [2.05, 4.69) is 0 Å². The van der Waals surface area contributed by atoms with Gasteiger partial charge >= 0.3 is 0 Å². The molecule has 54 valence electrons. The highest BCUT2D eigenvalue weighted by Gasteiger charge is 2.41. The van der Waals surface area contributed by atoms with Crippen LogP contribution in [-0.4, -0.2) is 20.3 Å². The van der Waals surface area contributed by atoms with Crippen LogP contribution >= 0.6 is 0 Å². The maximum absolute atomic E-state index is 10.5. The zero-order chi connectivity index (χ0) is 7.12. The molecule has 1 saturated carbocycles. The third-order valence-corrected chi connectivity index (χ3v) is 2.01. The highest BCUT2D eigenvalue weighted by molar-refractivity contribution is 7.86. The van der Waals surface area contributed by atoms with Gasteiger partial charge in [-0.05, 0) is 19.8 Å². The molecule has 0 spiro atoms. The molecule has 0 N–H and O–H groups in total. The van der Waals surface area contributed by atoms with Crippen molar-refractivity contribution in [2.75, 3.05) is 6.26 Å². The van der Waals surface area contributed by atoms with E-state index in [0.29, 0.717) is 0 Å². The van der Waals surface area contributed by atoms with E-state index in [0.717, 1.165) is 19.1 Å². The number of hydrogen-bond donors (Lipinski definition) is 0. The van der Waals surface area contributed by atoms with Gasteiger partial charge in [0.15, 0.2) is 0 Å². The molecule has 1 aliphatic carbocycles. The van der Waals surface area contributed by atoms with E-state index in [4.69, 9.17) is 4.18 Å². The summed E-state index contributed by atoms with van der Waals surface area (Å²) in [5.74, 6) is 0. The van der Waals surface area contributed by atoms with Gasteiger partial charge in [0.1, 0.15) is 0 Å². The zero-order valence-corrected chi connectivity index (χ0v) is 6.36. The summed E-state index contributed by atoms with van der Waals surface area (Å²) in [7, 11) is -3.22. The van der Waals surface area contributed by atoms with Crippen LogP contribution in [0, 0.1) is 0 Å². The number of rotatable bonds is 2.